The molecule has 1 aromatic heterocycles. The summed E-state index contributed by atoms with van der Waals surface area (Å²) in [4.78, 5) is 14.1. The number of hydrogen-bond acceptors (Lipinski definition) is 7. The number of hydrogen-bond donors (Lipinski definition) is 0. The molecule has 0 aliphatic carbocycles. The van der Waals surface area contributed by atoms with E-state index < -0.39 is 0 Å². The molecule has 122 valence electrons. The minimum atomic E-state index is -0.152. The molecule has 1 aromatic carbocycles. The van der Waals surface area contributed by atoms with E-state index in [9.17, 15) is 4.79 Å². The van der Waals surface area contributed by atoms with Gasteiger partial charge in [0.25, 0.3) is 0 Å². The number of para-hydroxylation sites is 2. The van der Waals surface area contributed by atoms with Gasteiger partial charge in [0.2, 0.25) is 5.91 Å². The third-order valence-corrected chi connectivity index (χ3v) is 5.23. The molecule has 3 rings (SSSR count). The van der Waals surface area contributed by atoms with Crippen LogP contribution in [-0.2, 0) is 4.79 Å². The van der Waals surface area contributed by atoms with Crippen molar-refractivity contribution in [3.8, 4) is 11.5 Å². The summed E-state index contributed by atoms with van der Waals surface area (Å²) in [5.74, 6) is 1.91. The lowest BCUT2D eigenvalue weighted by Crippen LogP contribution is -2.44. The Labute approximate surface area is 142 Å². The zero-order valence-corrected chi connectivity index (χ0v) is 14.3. The lowest BCUT2D eigenvalue weighted by molar-refractivity contribution is -0.129. The molecule has 0 fully saturated rings. The molecule has 0 saturated carbocycles. The Kier molecular flexibility index (Phi) is 5.35. The smallest absolute Gasteiger partial charge is 0.233 e. The number of ether oxygens (including phenoxy) is 2. The minimum absolute atomic E-state index is 0.0650. The van der Waals surface area contributed by atoms with E-state index in [2.05, 4.69) is 10.2 Å². The van der Waals surface area contributed by atoms with Gasteiger partial charge in [0.15, 0.2) is 21.9 Å². The summed E-state index contributed by atoms with van der Waals surface area (Å²) in [7, 11) is 0. The highest BCUT2D eigenvalue weighted by atomic mass is 32.2. The van der Waals surface area contributed by atoms with E-state index in [1.54, 1.807) is 10.4 Å². The fourth-order valence-corrected chi connectivity index (χ4v) is 3.64. The SMILES string of the molecule is CCN(CC1COc2ccccc2O1)C(=O)CSc1nncs1. The Morgan fingerprint density at radius 3 is 3.00 bits per heavy atom. The molecular formula is C15H17N3O3S2. The average Bonchev–Trinajstić information content (AvgIpc) is 3.11. The summed E-state index contributed by atoms with van der Waals surface area (Å²) >= 11 is 2.85. The fraction of sp³-hybridized carbons (Fsp3) is 0.400. The molecule has 0 saturated heterocycles. The summed E-state index contributed by atoms with van der Waals surface area (Å²) in [5, 5.41) is 7.70. The predicted octanol–water partition coefficient (Wildman–Crippen LogP) is 2.32. The van der Waals surface area contributed by atoms with Crippen molar-refractivity contribution in [1.82, 2.24) is 15.1 Å². The van der Waals surface area contributed by atoms with Crippen LogP contribution in [0.25, 0.3) is 0 Å². The van der Waals surface area contributed by atoms with Crippen molar-refractivity contribution in [2.45, 2.75) is 17.4 Å². The van der Waals surface area contributed by atoms with E-state index in [0.29, 0.717) is 25.4 Å². The number of fused-ring (bicyclic) bond motifs is 1. The maximum Gasteiger partial charge on any atom is 0.233 e. The Hall–Kier alpha value is -1.80. The molecule has 0 bridgehead atoms. The van der Waals surface area contributed by atoms with Crippen LogP contribution in [0.1, 0.15) is 6.92 Å². The maximum absolute atomic E-state index is 12.4. The molecule has 6 nitrogen and oxygen atoms in total. The number of thioether (sulfide) groups is 1. The molecule has 1 aliphatic rings. The summed E-state index contributed by atoms with van der Waals surface area (Å²) in [5.41, 5.74) is 1.66. The second-order valence-corrected chi connectivity index (χ2v) is 6.98. The maximum atomic E-state index is 12.4. The zero-order valence-electron chi connectivity index (χ0n) is 12.7. The first kappa shape index (κ1) is 16.1. The summed E-state index contributed by atoms with van der Waals surface area (Å²) < 4.78 is 12.4. The van der Waals surface area contributed by atoms with Gasteiger partial charge in [-0.2, -0.15) is 0 Å². The van der Waals surface area contributed by atoms with Gasteiger partial charge in [0.1, 0.15) is 12.1 Å². The first-order valence-electron chi connectivity index (χ1n) is 7.31. The van der Waals surface area contributed by atoms with Crippen LogP contribution in [0, 0.1) is 0 Å². The van der Waals surface area contributed by atoms with Gasteiger partial charge >= 0.3 is 0 Å². The Morgan fingerprint density at radius 2 is 2.26 bits per heavy atom. The number of rotatable bonds is 6. The number of nitrogens with zero attached hydrogens (tertiary/aromatic N) is 3. The summed E-state index contributed by atoms with van der Waals surface area (Å²) in [6.07, 6.45) is -0.152. The quantitative estimate of drug-likeness (QED) is 0.744. The standard InChI is InChI=1S/C15H17N3O3S2/c1-2-18(14(19)9-22-15-17-16-10-23-15)7-11-8-20-12-5-3-4-6-13(12)21-11/h3-6,10-11H,2,7-9H2,1H3. The van der Waals surface area contributed by atoms with E-state index in [0.717, 1.165) is 15.8 Å². The van der Waals surface area contributed by atoms with E-state index in [1.807, 2.05) is 31.2 Å². The number of amides is 1. The second kappa shape index (κ2) is 7.65. The molecule has 0 spiro atoms. The monoisotopic (exact) mass is 351 g/mol. The fourth-order valence-electron chi connectivity index (χ4n) is 2.25. The first-order chi connectivity index (χ1) is 11.3. The van der Waals surface area contributed by atoms with Crippen LogP contribution in [0.4, 0.5) is 0 Å². The predicted molar refractivity (Wildman–Crippen MR) is 89.2 cm³/mol. The molecule has 23 heavy (non-hydrogen) atoms. The van der Waals surface area contributed by atoms with Crippen molar-refractivity contribution in [2.75, 3.05) is 25.4 Å². The number of benzene rings is 1. The highest BCUT2D eigenvalue weighted by Gasteiger charge is 2.24. The third kappa shape index (κ3) is 4.14. The average molecular weight is 351 g/mol. The van der Waals surface area contributed by atoms with Crippen molar-refractivity contribution in [3.05, 3.63) is 29.8 Å². The van der Waals surface area contributed by atoms with Crippen LogP contribution in [0.2, 0.25) is 0 Å². The summed E-state index contributed by atoms with van der Waals surface area (Å²) in [6.45, 7) is 3.56. The van der Waals surface area contributed by atoms with Gasteiger partial charge in [-0.1, -0.05) is 35.2 Å². The van der Waals surface area contributed by atoms with E-state index in [1.165, 1.54) is 23.1 Å². The highest BCUT2D eigenvalue weighted by Crippen LogP contribution is 2.31. The van der Waals surface area contributed by atoms with Gasteiger partial charge in [-0.05, 0) is 19.1 Å². The molecule has 2 aromatic rings. The van der Waals surface area contributed by atoms with Crippen LogP contribution in [0.5, 0.6) is 11.5 Å². The Balaban J connectivity index is 1.54. The van der Waals surface area contributed by atoms with E-state index >= 15 is 0 Å². The lowest BCUT2D eigenvalue weighted by Gasteiger charge is -2.30. The van der Waals surface area contributed by atoms with Crippen LogP contribution in [-0.4, -0.2) is 52.6 Å². The second-order valence-electron chi connectivity index (χ2n) is 4.92. The van der Waals surface area contributed by atoms with Crippen molar-refractivity contribution >= 4 is 29.0 Å². The van der Waals surface area contributed by atoms with E-state index in [4.69, 9.17) is 9.47 Å². The molecule has 2 heterocycles. The first-order valence-corrected chi connectivity index (χ1v) is 9.18. The van der Waals surface area contributed by atoms with Crippen LogP contribution in [0.15, 0.2) is 34.1 Å². The van der Waals surface area contributed by atoms with Gasteiger partial charge < -0.3 is 14.4 Å². The molecular weight excluding hydrogens is 334 g/mol. The highest BCUT2D eigenvalue weighted by molar-refractivity contribution is 8.01. The number of carbonyl (C=O) groups excluding carboxylic acids is 1. The zero-order chi connectivity index (χ0) is 16.1. The van der Waals surface area contributed by atoms with Gasteiger partial charge in [-0.15, -0.1) is 10.2 Å². The van der Waals surface area contributed by atoms with Crippen molar-refractivity contribution in [1.29, 1.82) is 0 Å². The molecule has 0 N–H and O–H groups in total. The molecule has 1 unspecified atom stereocenters. The van der Waals surface area contributed by atoms with E-state index in [-0.39, 0.29) is 12.0 Å². The minimum Gasteiger partial charge on any atom is -0.486 e. The van der Waals surface area contributed by atoms with Crippen molar-refractivity contribution in [2.24, 2.45) is 0 Å². The molecule has 8 heteroatoms. The van der Waals surface area contributed by atoms with Crippen LogP contribution < -0.4 is 9.47 Å². The molecule has 0 radical (unpaired) electrons. The lowest BCUT2D eigenvalue weighted by atomic mass is 10.2. The van der Waals surface area contributed by atoms with Gasteiger partial charge in [-0.25, -0.2) is 0 Å². The van der Waals surface area contributed by atoms with Crippen LogP contribution >= 0.6 is 23.1 Å². The van der Waals surface area contributed by atoms with Crippen LogP contribution in [0.3, 0.4) is 0 Å². The van der Waals surface area contributed by atoms with Crippen molar-refractivity contribution < 1.29 is 14.3 Å². The largest absolute Gasteiger partial charge is 0.486 e. The Morgan fingerprint density at radius 1 is 1.43 bits per heavy atom. The molecule has 1 atom stereocenters. The van der Waals surface area contributed by atoms with Crippen molar-refractivity contribution in [3.63, 3.8) is 0 Å². The summed E-state index contributed by atoms with van der Waals surface area (Å²) in [6, 6.07) is 7.58. The van der Waals surface area contributed by atoms with Gasteiger partial charge in [-0.3, -0.25) is 4.79 Å². The number of likely N-dealkylation sites (N-methyl/N-ethyl adjacent to an activating group) is 1. The third-order valence-electron chi connectivity index (χ3n) is 3.39. The number of carbonyl (C=O) groups is 1. The molecule has 1 amide bonds. The van der Waals surface area contributed by atoms with Gasteiger partial charge in [0.05, 0.1) is 12.3 Å². The normalized spacial score (nSPS) is 16.1. The molecule has 1 aliphatic heterocycles. The number of aromatic nitrogens is 2. The Bertz CT molecular complexity index is 651. The topological polar surface area (TPSA) is 64.6 Å². The van der Waals surface area contributed by atoms with Gasteiger partial charge in [0, 0.05) is 6.54 Å².